The van der Waals surface area contributed by atoms with Crippen LogP contribution in [0.5, 0.6) is 0 Å². The maximum atomic E-state index is 5.44. The average Bonchev–Trinajstić information content (AvgIpc) is 2.19. The summed E-state index contributed by atoms with van der Waals surface area (Å²) >= 11 is 0. The molecule has 1 heterocycles. The molecule has 0 unspecified atom stereocenters. The molecule has 76 valence electrons. The van der Waals surface area contributed by atoms with Crippen molar-refractivity contribution in [2.24, 2.45) is 0 Å². The van der Waals surface area contributed by atoms with E-state index >= 15 is 0 Å². The lowest BCUT2D eigenvalue weighted by atomic mass is 10.3. The second kappa shape index (κ2) is 5.21. The molecule has 0 spiro atoms. The Kier molecular flexibility index (Phi) is 3.91. The van der Waals surface area contributed by atoms with Crippen LogP contribution in [0.15, 0.2) is 25.0 Å². The van der Waals surface area contributed by atoms with E-state index < -0.39 is 0 Å². The summed E-state index contributed by atoms with van der Waals surface area (Å²) in [5.41, 5.74) is 5.44. The topological polar surface area (TPSA) is 55.0 Å². The molecule has 0 saturated carbocycles. The van der Waals surface area contributed by atoms with Gasteiger partial charge >= 0.3 is 0 Å². The van der Waals surface area contributed by atoms with E-state index in [1.165, 1.54) is 0 Å². The van der Waals surface area contributed by atoms with Crippen LogP contribution in [0.4, 0.5) is 11.6 Å². The molecule has 0 radical (unpaired) electrons. The highest BCUT2D eigenvalue weighted by atomic mass is 15.2. The van der Waals surface area contributed by atoms with Crippen LogP contribution in [0, 0.1) is 0 Å². The van der Waals surface area contributed by atoms with Gasteiger partial charge in [0.25, 0.3) is 0 Å². The van der Waals surface area contributed by atoms with Crippen molar-refractivity contribution in [3.05, 3.63) is 25.0 Å². The van der Waals surface area contributed by atoms with Crippen LogP contribution in [-0.2, 0) is 0 Å². The third-order valence-electron chi connectivity index (χ3n) is 1.95. The normalized spacial score (nSPS) is 9.79. The third-order valence-corrected chi connectivity index (χ3v) is 1.95. The van der Waals surface area contributed by atoms with Crippen molar-refractivity contribution in [2.75, 3.05) is 24.2 Å². The number of nitrogens with zero attached hydrogens (tertiary/aromatic N) is 3. The zero-order chi connectivity index (χ0) is 10.4. The van der Waals surface area contributed by atoms with Crippen molar-refractivity contribution < 1.29 is 0 Å². The molecule has 14 heavy (non-hydrogen) atoms. The van der Waals surface area contributed by atoms with E-state index in [0.717, 1.165) is 25.2 Å². The third kappa shape index (κ3) is 3.05. The summed E-state index contributed by atoms with van der Waals surface area (Å²) in [5, 5.41) is 0. The fourth-order valence-corrected chi connectivity index (χ4v) is 1.12. The summed E-state index contributed by atoms with van der Waals surface area (Å²) in [6, 6.07) is 0. The van der Waals surface area contributed by atoms with Crippen LogP contribution in [0.1, 0.15) is 12.8 Å². The lowest BCUT2D eigenvalue weighted by Crippen LogP contribution is -2.19. The molecular formula is C10H16N4. The van der Waals surface area contributed by atoms with Gasteiger partial charge in [-0.3, -0.25) is 0 Å². The first kappa shape index (κ1) is 10.5. The molecule has 1 aromatic rings. The summed E-state index contributed by atoms with van der Waals surface area (Å²) in [5.74, 6) is 1.30. The van der Waals surface area contributed by atoms with Crippen LogP contribution in [0.2, 0.25) is 0 Å². The molecule has 0 aliphatic heterocycles. The van der Waals surface area contributed by atoms with Gasteiger partial charge in [-0.25, -0.2) is 9.97 Å². The van der Waals surface area contributed by atoms with Crippen molar-refractivity contribution in [3.8, 4) is 0 Å². The highest BCUT2D eigenvalue weighted by molar-refractivity contribution is 5.38. The van der Waals surface area contributed by atoms with Gasteiger partial charge in [-0.2, -0.15) is 0 Å². The summed E-state index contributed by atoms with van der Waals surface area (Å²) in [7, 11) is 1.99. The van der Waals surface area contributed by atoms with Crippen molar-refractivity contribution >= 4 is 11.6 Å². The Labute approximate surface area is 84.5 Å². The van der Waals surface area contributed by atoms with Crippen LogP contribution >= 0.6 is 0 Å². The molecule has 0 aliphatic carbocycles. The summed E-state index contributed by atoms with van der Waals surface area (Å²) in [4.78, 5) is 10.2. The molecule has 0 amide bonds. The SMILES string of the molecule is C=CCCCN(C)c1cnc(N)cn1. The smallest absolute Gasteiger partial charge is 0.146 e. The maximum absolute atomic E-state index is 5.44. The van der Waals surface area contributed by atoms with Gasteiger partial charge in [0.15, 0.2) is 0 Å². The Morgan fingerprint density at radius 3 is 2.86 bits per heavy atom. The molecular weight excluding hydrogens is 176 g/mol. The minimum absolute atomic E-state index is 0.452. The standard InChI is InChI=1S/C10H16N4/c1-3-4-5-6-14(2)10-8-12-9(11)7-13-10/h3,7-8H,1,4-6H2,2H3,(H2,11,12). The second-order valence-corrected chi connectivity index (χ2v) is 3.15. The van der Waals surface area contributed by atoms with Crippen molar-refractivity contribution in [1.29, 1.82) is 0 Å². The number of allylic oxidation sites excluding steroid dienone is 1. The zero-order valence-electron chi connectivity index (χ0n) is 8.48. The summed E-state index contributed by atoms with van der Waals surface area (Å²) in [6.07, 6.45) is 7.27. The first-order valence-electron chi connectivity index (χ1n) is 4.63. The molecule has 0 atom stereocenters. The number of rotatable bonds is 5. The van der Waals surface area contributed by atoms with Crippen LogP contribution in [-0.4, -0.2) is 23.6 Å². The molecule has 4 heteroatoms. The lowest BCUT2D eigenvalue weighted by Gasteiger charge is -2.16. The molecule has 1 aromatic heterocycles. The van der Waals surface area contributed by atoms with E-state index in [-0.39, 0.29) is 0 Å². The van der Waals surface area contributed by atoms with E-state index in [4.69, 9.17) is 5.73 Å². The van der Waals surface area contributed by atoms with Crippen molar-refractivity contribution in [1.82, 2.24) is 9.97 Å². The number of hydrogen-bond acceptors (Lipinski definition) is 4. The predicted octanol–water partition coefficient (Wildman–Crippen LogP) is 1.46. The quantitative estimate of drug-likeness (QED) is 0.567. The first-order chi connectivity index (χ1) is 6.74. The Morgan fingerprint density at radius 2 is 2.29 bits per heavy atom. The Hall–Kier alpha value is -1.58. The van der Waals surface area contributed by atoms with Crippen molar-refractivity contribution in [3.63, 3.8) is 0 Å². The maximum Gasteiger partial charge on any atom is 0.146 e. The number of nitrogen functional groups attached to an aromatic ring is 1. The predicted molar refractivity (Wildman–Crippen MR) is 59.1 cm³/mol. The molecule has 4 nitrogen and oxygen atoms in total. The Morgan fingerprint density at radius 1 is 1.50 bits per heavy atom. The summed E-state index contributed by atoms with van der Waals surface area (Å²) < 4.78 is 0. The fourth-order valence-electron chi connectivity index (χ4n) is 1.12. The molecule has 0 aromatic carbocycles. The van der Waals surface area contributed by atoms with Gasteiger partial charge in [0.05, 0.1) is 12.4 Å². The van der Waals surface area contributed by atoms with Gasteiger partial charge in [-0.1, -0.05) is 6.08 Å². The number of nitrogens with two attached hydrogens (primary N) is 1. The van der Waals surface area contributed by atoms with Gasteiger partial charge in [0.1, 0.15) is 11.6 Å². The van der Waals surface area contributed by atoms with Gasteiger partial charge in [0.2, 0.25) is 0 Å². The summed E-state index contributed by atoms with van der Waals surface area (Å²) in [6.45, 7) is 4.63. The molecule has 0 bridgehead atoms. The van der Waals surface area contributed by atoms with E-state index in [0.29, 0.717) is 5.82 Å². The molecule has 2 N–H and O–H groups in total. The van der Waals surface area contributed by atoms with E-state index in [9.17, 15) is 0 Å². The van der Waals surface area contributed by atoms with Crippen LogP contribution in [0.3, 0.4) is 0 Å². The van der Waals surface area contributed by atoms with Crippen molar-refractivity contribution in [2.45, 2.75) is 12.8 Å². The number of anilines is 2. The van der Waals surface area contributed by atoms with E-state index in [1.54, 1.807) is 12.4 Å². The molecule has 0 aliphatic rings. The molecule has 0 fully saturated rings. The molecule has 0 saturated heterocycles. The lowest BCUT2D eigenvalue weighted by molar-refractivity contribution is 0.790. The van der Waals surface area contributed by atoms with E-state index in [1.807, 2.05) is 13.1 Å². The Balaban J connectivity index is 2.47. The minimum Gasteiger partial charge on any atom is -0.382 e. The first-order valence-corrected chi connectivity index (χ1v) is 4.63. The van der Waals surface area contributed by atoms with Gasteiger partial charge < -0.3 is 10.6 Å². The average molecular weight is 192 g/mol. The van der Waals surface area contributed by atoms with Gasteiger partial charge in [-0.15, -0.1) is 6.58 Å². The number of unbranched alkanes of at least 4 members (excludes halogenated alkanes) is 1. The monoisotopic (exact) mass is 192 g/mol. The minimum atomic E-state index is 0.452. The fraction of sp³-hybridized carbons (Fsp3) is 0.400. The largest absolute Gasteiger partial charge is 0.382 e. The number of hydrogen-bond donors (Lipinski definition) is 1. The zero-order valence-corrected chi connectivity index (χ0v) is 8.48. The van der Waals surface area contributed by atoms with Crippen LogP contribution in [0.25, 0.3) is 0 Å². The Bertz CT molecular complexity index is 281. The number of aromatic nitrogens is 2. The van der Waals surface area contributed by atoms with E-state index in [2.05, 4.69) is 21.4 Å². The second-order valence-electron chi connectivity index (χ2n) is 3.15. The van der Waals surface area contributed by atoms with Gasteiger partial charge in [0, 0.05) is 13.6 Å². The van der Waals surface area contributed by atoms with Crippen LogP contribution < -0.4 is 10.6 Å². The highest BCUT2D eigenvalue weighted by Gasteiger charge is 2.01. The highest BCUT2D eigenvalue weighted by Crippen LogP contribution is 2.08. The van der Waals surface area contributed by atoms with Gasteiger partial charge in [-0.05, 0) is 12.8 Å². The molecule has 1 rings (SSSR count).